The number of hydrogen-bond acceptors (Lipinski definition) is 8. The molecule has 2 aliphatic rings. The van der Waals surface area contributed by atoms with Gasteiger partial charge < -0.3 is 24.6 Å². The highest BCUT2D eigenvalue weighted by Gasteiger charge is 2.35. The number of pyridine rings is 1. The molecule has 28 heavy (non-hydrogen) atoms. The van der Waals surface area contributed by atoms with Crippen molar-refractivity contribution in [1.82, 2.24) is 19.9 Å². The van der Waals surface area contributed by atoms with Crippen LogP contribution in [0.5, 0.6) is 5.88 Å². The summed E-state index contributed by atoms with van der Waals surface area (Å²) in [5, 5.41) is 3.31. The van der Waals surface area contributed by atoms with E-state index in [0.29, 0.717) is 56.2 Å². The van der Waals surface area contributed by atoms with Crippen LogP contribution in [0.2, 0.25) is 0 Å². The summed E-state index contributed by atoms with van der Waals surface area (Å²) >= 11 is 0. The van der Waals surface area contributed by atoms with Crippen LogP contribution in [0.1, 0.15) is 29.9 Å². The highest BCUT2D eigenvalue weighted by molar-refractivity contribution is 5.98. The molecule has 0 unspecified atom stereocenters. The first-order valence-electron chi connectivity index (χ1n) is 9.38. The van der Waals surface area contributed by atoms with Crippen molar-refractivity contribution in [1.29, 1.82) is 0 Å². The predicted molar refractivity (Wildman–Crippen MR) is 104 cm³/mol. The van der Waals surface area contributed by atoms with Crippen molar-refractivity contribution in [3.63, 3.8) is 0 Å². The van der Waals surface area contributed by atoms with Crippen molar-refractivity contribution in [3.8, 4) is 5.88 Å². The van der Waals surface area contributed by atoms with E-state index < -0.39 is 0 Å². The third-order valence-corrected chi connectivity index (χ3v) is 4.91. The molecule has 0 bridgehead atoms. The zero-order chi connectivity index (χ0) is 19.7. The highest BCUT2D eigenvalue weighted by Crippen LogP contribution is 2.32. The number of anilines is 3. The van der Waals surface area contributed by atoms with Crippen LogP contribution in [0.25, 0.3) is 0 Å². The Morgan fingerprint density at radius 3 is 2.64 bits per heavy atom. The number of carbonyl (C=O) groups is 1. The molecule has 0 saturated carbocycles. The van der Waals surface area contributed by atoms with E-state index in [4.69, 9.17) is 14.5 Å². The number of rotatable bonds is 5. The van der Waals surface area contributed by atoms with Crippen molar-refractivity contribution in [2.24, 2.45) is 0 Å². The van der Waals surface area contributed by atoms with Gasteiger partial charge in [0.25, 0.3) is 5.91 Å². The van der Waals surface area contributed by atoms with Gasteiger partial charge in [0.1, 0.15) is 11.5 Å². The molecule has 9 nitrogen and oxygen atoms in total. The molecule has 2 aromatic rings. The maximum atomic E-state index is 12.9. The molecule has 1 saturated heterocycles. The Hall–Kier alpha value is -2.94. The lowest BCUT2D eigenvalue weighted by Gasteiger charge is -2.27. The van der Waals surface area contributed by atoms with Gasteiger partial charge >= 0.3 is 0 Å². The number of ether oxygens (including phenoxy) is 2. The first kappa shape index (κ1) is 18.4. The minimum Gasteiger partial charge on any atom is -0.481 e. The molecule has 148 valence electrons. The van der Waals surface area contributed by atoms with Crippen LogP contribution in [0, 0.1) is 0 Å². The van der Waals surface area contributed by atoms with Crippen molar-refractivity contribution in [3.05, 3.63) is 29.6 Å². The monoisotopic (exact) mass is 384 g/mol. The lowest BCUT2D eigenvalue weighted by atomic mass is 10.2. The van der Waals surface area contributed by atoms with E-state index in [0.717, 1.165) is 11.3 Å². The number of aromatic nitrogens is 3. The Morgan fingerprint density at radius 2 is 2.00 bits per heavy atom. The van der Waals surface area contributed by atoms with E-state index in [1.807, 2.05) is 24.8 Å². The summed E-state index contributed by atoms with van der Waals surface area (Å²) in [5.41, 5.74) is 2.05. The second-order valence-electron chi connectivity index (χ2n) is 7.04. The summed E-state index contributed by atoms with van der Waals surface area (Å²) in [4.78, 5) is 30.3. The number of fused-ring (bicyclic) bond motifs is 1. The van der Waals surface area contributed by atoms with Gasteiger partial charge in [-0.25, -0.2) is 9.97 Å². The molecular formula is C19H24N6O3. The van der Waals surface area contributed by atoms with E-state index >= 15 is 0 Å². The largest absolute Gasteiger partial charge is 0.481 e. The predicted octanol–water partition coefficient (Wildman–Crippen LogP) is 1.82. The molecule has 0 aliphatic carbocycles. The van der Waals surface area contributed by atoms with Gasteiger partial charge in [-0.2, -0.15) is 4.98 Å². The number of carbonyl (C=O) groups excluding carboxylic acids is 1. The summed E-state index contributed by atoms with van der Waals surface area (Å²) in [7, 11) is 1.58. The zero-order valence-corrected chi connectivity index (χ0v) is 16.3. The molecule has 1 N–H and O–H groups in total. The first-order valence-corrected chi connectivity index (χ1v) is 9.38. The van der Waals surface area contributed by atoms with Gasteiger partial charge in [-0.3, -0.25) is 4.79 Å². The van der Waals surface area contributed by atoms with E-state index in [2.05, 4.69) is 15.3 Å². The molecule has 0 spiro atoms. The average Bonchev–Trinajstić information content (AvgIpc) is 3.06. The Balaban J connectivity index is 1.72. The van der Waals surface area contributed by atoms with Gasteiger partial charge in [-0.15, -0.1) is 0 Å². The normalized spacial score (nSPS) is 16.5. The van der Waals surface area contributed by atoms with Gasteiger partial charge in [0.05, 0.1) is 38.8 Å². The zero-order valence-electron chi connectivity index (χ0n) is 16.3. The Bertz CT molecular complexity index is 865. The smallest absolute Gasteiger partial charge is 0.273 e. The Labute approximate surface area is 163 Å². The molecule has 9 heteroatoms. The van der Waals surface area contributed by atoms with E-state index in [-0.39, 0.29) is 11.9 Å². The molecule has 0 aromatic carbocycles. The highest BCUT2D eigenvalue weighted by atomic mass is 16.5. The molecule has 4 rings (SSSR count). The fraction of sp³-hybridized carbons (Fsp3) is 0.474. The van der Waals surface area contributed by atoms with Crippen LogP contribution in [0.3, 0.4) is 0 Å². The molecule has 0 atom stereocenters. The van der Waals surface area contributed by atoms with Crippen LogP contribution in [0.4, 0.5) is 17.5 Å². The molecular weight excluding hydrogens is 360 g/mol. The molecule has 1 fully saturated rings. The third kappa shape index (κ3) is 3.45. The van der Waals surface area contributed by atoms with Crippen molar-refractivity contribution >= 4 is 23.4 Å². The summed E-state index contributed by atoms with van der Waals surface area (Å²) < 4.78 is 10.5. The fourth-order valence-electron chi connectivity index (χ4n) is 3.31. The Kier molecular flexibility index (Phi) is 4.99. The van der Waals surface area contributed by atoms with Gasteiger partial charge in [-0.1, -0.05) is 0 Å². The SMILES string of the molecule is COc1ccc(Nc2nc(N3CCOCC3)nc3c2CN(C(C)C)C3=O)cn1. The number of amides is 1. The van der Waals surface area contributed by atoms with Gasteiger partial charge in [0.2, 0.25) is 11.8 Å². The number of hydrogen-bond donors (Lipinski definition) is 1. The third-order valence-electron chi connectivity index (χ3n) is 4.91. The number of methoxy groups -OCH3 is 1. The van der Waals surface area contributed by atoms with Crippen molar-refractivity contribution < 1.29 is 14.3 Å². The van der Waals surface area contributed by atoms with Crippen LogP contribution in [-0.2, 0) is 11.3 Å². The molecule has 4 heterocycles. The van der Waals surface area contributed by atoms with Crippen LogP contribution in [-0.4, -0.2) is 65.2 Å². The minimum atomic E-state index is -0.0576. The number of nitrogens with zero attached hydrogens (tertiary/aromatic N) is 5. The average molecular weight is 384 g/mol. The second kappa shape index (κ2) is 7.59. The summed E-state index contributed by atoms with van der Waals surface area (Å²) in [6.45, 7) is 7.13. The van der Waals surface area contributed by atoms with E-state index in [1.54, 1.807) is 24.3 Å². The standard InChI is InChI=1S/C19H24N6O3/c1-12(2)25-11-14-16(18(25)26)22-19(24-6-8-28-9-7-24)23-17(14)21-13-4-5-15(27-3)20-10-13/h4-5,10,12H,6-9,11H2,1-3H3,(H,21,22,23). The van der Waals surface area contributed by atoms with E-state index in [1.165, 1.54) is 0 Å². The second-order valence-corrected chi connectivity index (χ2v) is 7.04. The van der Waals surface area contributed by atoms with Crippen molar-refractivity contribution in [2.75, 3.05) is 43.6 Å². The van der Waals surface area contributed by atoms with Crippen LogP contribution >= 0.6 is 0 Å². The van der Waals surface area contributed by atoms with Gasteiger partial charge in [-0.05, 0) is 19.9 Å². The maximum Gasteiger partial charge on any atom is 0.273 e. The summed E-state index contributed by atoms with van der Waals surface area (Å²) in [6, 6.07) is 3.73. The van der Waals surface area contributed by atoms with E-state index in [9.17, 15) is 4.79 Å². The van der Waals surface area contributed by atoms with Gasteiger partial charge in [0.15, 0.2) is 0 Å². The fourth-order valence-corrected chi connectivity index (χ4v) is 3.31. The number of morpholine rings is 1. The van der Waals surface area contributed by atoms with Crippen LogP contribution < -0.4 is 15.0 Å². The van der Waals surface area contributed by atoms with Crippen LogP contribution in [0.15, 0.2) is 18.3 Å². The van der Waals surface area contributed by atoms with Crippen molar-refractivity contribution in [2.45, 2.75) is 26.4 Å². The number of nitrogens with one attached hydrogen (secondary N) is 1. The lowest BCUT2D eigenvalue weighted by molar-refractivity contribution is 0.0726. The Morgan fingerprint density at radius 1 is 1.21 bits per heavy atom. The summed E-state index contributed by atoms with van der Waals surface area (Å²) in [5.74, 6) is 1.66. The first-order chi connectivity index (χ1) is 13.6. The summed E-state index contributed by atoms with van der Waals surface area (Å²) in [6.07, 6.45) is 1.68. The molecule has 2 aromatic heterocycles. The topological polar surface area (TPSA) is 92.7 Å². The quantitative estimate of drug-likeness (QED) is 0.835. The molecule has 0 radical (unpaired) electrons. The maximum absolute atomic E-state index is 12.9. The van der Waals surface area contributed by atoms with Gasteiger partial charge in [0, 0.05) is 30.8 Å². The molecule has 1 amide bonds. The minimum absolute atomic E-state index is 0.0576. The lowest BCUT2D eigenvalue weighted by Crippen LogP contribution is -2.37. The molecule has 2 aliphatic heterocycles.